The molecule has 0 radical (unpaired) electrons. The van der Waals surface area contributed by atoms with Gasteiger partial charge in [0.25, 0.3) is 0 Å². The van der Waals surface area contributed by atoms with Crippen molar-refractivity contribution in [3.63, 3.8) is 0 Å². The molecular formula is C16H15FO4. The Bertz CT molecular complexity index is 610. The summed E-state index contributed by atoms with van der Waals surface area (Å²) in [5.41, 5.74) is 0. The lowest BCUT2D eigenvalue weighted by Gasteiger charge is -2.14. The lowest BCUT2D eigenvalue weighted by molar-refractivity contribution is -0.141. The van der Waals surface area contributed by atoms with Crippen molar-refractivity contribution in [2.45, 2.75) is 13.0 Å². The molecule has 5 heteroatoms. The third-order valence-electron chi connectivity index (χ3n) is 2.75. The minimum Gasteiger partial charge on any atom is -0.497 e. The van der Waals surface area contributed by atoms with Gasteiger partial charge in [0, 0.05) is 0 Å². The van der Waals surface area contributed by atoms with Crippen molar-refractivity contribution in [1.29, 1.82) is 0 Å². The van der Waals surface area contributed by atoms with Gasteiger partial charge in [-0.25, -0.2) is 9.18 Å². The number of ether oxygens (including phenoxy) is 3. The Balaban J connectivity index is 1.97. The molecule has 0 N–H and O–H groups in total. The molecule has 0 saturated carbocycles. The van der Waals surface area contributed by atoms with Gasteiger partial charge in [0.15, 0.2) is 17.7 Å². The molecule has 0 aliphatic carbocycles. The summed E-state index contributed by atoms with van der Waals surface area (Å²) in [7, 11) is 1.55. The van der Waals surface area contributed by atoms with Gasteiger partial charge in [-0.2, -0.15) is 0 Å². The summed E-state index contributed by atoms with van der Waals surface area (Å²) in [6, 6.07) is 12.4. The Hall–Kier alpha value is -2.56. The molecule has 2 aromatic carbocycles. The first-order valence-corrected chi connectivity index (χ1v) is 6.37. The van der Waals surface area contributed by atoms with Gasteiger partial charge >= 0.3 is 5.97 Å². The molecular weight excluding hydrogens is 275 g/mol. The molecule has 0 spiro atoms. The van der Waals surface area contributed by atoms with Crippen molar-refractivity contribution in [3.05, 3.63) is 54.3 Å². The third-order valence-corrected chi connectivity index (χ3v) is 2.75. The van der Waals surface area contributed by atoms with E-state index in [0.29, 0.717) is 11.5 Å². The summed E-state index contributed by atoms with van der Waals surface area (Å²) in [6.45, 7) is 1.50. The van der Waals surface area contributed by atoms with Gasteiger partial charge in [0.1, 0.15) is 11.5 Å². The van der Waals surface area contributed by atoms with Crippen LogP contribution in [0.25, 0.3) is 0 Å². The first-order valence-electron chi connectivity index (χ1n) is 6.37. The van der Waals surface area contributed by atoms with Gasteiger partial charge in [-0.05, 0) is 43.3 Å². The number of esters is 1. The van der Waals surface area contributed by atoms with Crippen LogP contribution in [0, 0.1) is 5.82 Å². The number of rotatable bonds is 5. The standard InChI is InChI=1S/C16H15FO4/c1-11(20-15-6-4-3-5-14(15)17)16(18)21-13-9-7-12(19-2)8-10-13/h3-11H,1-2H3/t11-/m1/s1. The number of carbonyl (C=O) groups is 1. The van der Waals surface area contributed by atoms with Crippen LogP contribution in [-0.4, -0.2) is 19.2 Å². The molecule has 0 heterocycles. The molecule has 21 heavy (non-hydrogen) atoms. The molecule has 0 bridgehead atoms. The van der Waals surface area contributed by atoms with E-state index >= 15 is 0 Å². The summed E-state index contributed by atoms with van der Waals surface area (Å²) in [6.07, 6.45) is -0.927. The summed E-state index contributed by atoms with van der Waals surface area (Å²) >= 11 is 0. The largest absolute Gasteiger partial charge is 0.497 e. The Kier molecular flexibility index (Phi) is 4.77. The Morgan fingerprint density at radius 2 is 1.67 bits per heavy atom. The van der Waals surface area contributed by atoms with E-state index in [1.807, 2.05) is 0 Å². The number of para-hydroxylation sites is 1. The number of methoxy groups -OCH3 is 1. The van der Waals surface area contributed by atoms with Crippen LogP contribution in [0.3, 0.4) is 0 Å². The number of hydrogen-bond donors (Lipinski definition) is 0. The molecule has 1 atom stereocenters. The third kappa shape index (κ3) is 3.95. The summed E-state index contributed by atoms with van der Waals surface area (Å²) in [5, 5.41) is 0. The van der Waals surface area contributed by atoms with Crippen molar-refractivity contribution in [2.24, 2.45) is 0 Å². The van der Waals surface area contributed by atoms with Gasteiger partial charge in [-0.3, -0.25) is 0 Å². The van der Waals surface area contributed by atoms with Gasteiger partial charge in [-0.15, -0.1) is 0 Å². The maximum atomic E-state index is 13.4. The smallest absolute Gasteiger partial charge is 0.352 e. The molecule has 110 valence electrons. The Labute approximate surface area is 122 Å². The van der Waals surface area contributed by atoms with Crippen molar-refractivity contribution < 1.29 is 23.4 Å². The normalized spacial score (nSPS) is 11.6. The highest BCUT2D eigenvalue weighted by molar-refractivity contribution is 5.77. The molecule has 0 aliphatic heterocycles. The predicted molar refractivity (Wildman–Crippen MR) is 75.1 cm³/mol. The van der Waals surface area contributed by atoms with Crippen LogP contribution in [-0.2, 0) is 4.79 Å². The lowest BCUT2D eigenvalue weighted by atomic mass is 10.3. The highest BCUT2D eigenvalue weighted by Gasteiger charge is 2.18. The second kappa shape index (κ2) is 6.74. The van der Waals surface area contributed by atoms with Crippen LogP contribution in [0.5, 0.6) is 17.2 Å². The topological polar surface area (TPSA) is 44.8 Å². The first kappa shape index (κ1) is 14.8. The zero-order valence-electron chi connectivity index (χ0n) is 11.7. The van der Waals surface area contributed by atoms with Gasteiger partial charge in [-0.1, -0.05) is 12.1 Å². The van der Waals surface area contributed by atoms with Gasteiger partial charge in [0.05, 0.1) is 7.11 Å². The number of carbonyl (C=O) groups excluding carboxylic acids is 1. The van der Waals surface area contributed by atoms with E-state index in [4.69, 9.17) is 14.2 Å². The number of halogens is 1. The molecule has 0 unspecified atom stereocenters. The van der Waals surface area contributed by atoms with Gasteiger partial charge < -0.3 is 14.2 Å². The Morgan fingerprint density at radius 3 is 2.29 bits per heavy atom. The zero-order chi connectivity index (χ0) is 15.2. The van der Waals surface area contributed by atoms with E-state index in [1.165, 1.54) is 19.1 Å². The summed E-state index contributed by atoms with van der Waals surface area (Å²) in [5.74, 6) is -0.100. The van der Waals surface area contributed by atoms with E-state index in [0.717, 1.165) is 0 Å². The molecule has 2 aromatic rings. The highest BCUT2D eigenvalue weighted by Crippen LogP contribution is 2.20. The Morgan fingerprint density at radius 1 is 1.05 bits per heavy atom. The van der Waals surface area contributed by atoms with Crippen molar-refractivity contribution >= 4 is 5.97 Å². The quantitative estimate of drug-likeness (QED) is 0.626. The zero-order valence-corrected chi connectivity index (χ0v) is 11.7. The van der Waals surface area contributed by atoms with Crippen LogP contribution in [0.15, 0.2) is 48.5 Å². The first-order chi connectivity index (χ1) is 10.1. The second-order valence-electron chi connectivity index (χ2n) is 4.29. The molecule has 0 aliphatic rings. The van der Waals surface area contributed by atoms with Crippen molar-refractivity contribution in [3.8, 4) is 17.2 Å². The summed E-state index contributed by atoms with van der Waals surface area (Å²) in [4.78, 5) is 11.9. The maximum absolute atomic E-state index is 13.4. The number of hydrogen-bond acceptors (Lipinski definition) is 4. The maximum Gasteiger partial charge on any atom is 0.352 e. The average Bonchev–Trinajstić information content (AvgIpc) is 2.50. The van der Waals surface area contributed by atoms with Crippen LogP contribution >= 0.6 is 0 Å². The minimum absolute atomic E-state index is 0.0108. The molecule has 0 amide bonds. The average molecular weight is 290 g/mol. The van der Waals surface area contributed by atoms with E-state index in [1.54, 1.807) is 43.5 Å². The fraction of sp³-hybridized carbons (Fsp3) is 0.188. The van der Waals surface area contributed by atoms with Crippen molar-refractivity contribution in [1.82, 2.24) is 0 Å². The van der Waals surface area contributed by atoms with Gasteiger partial charge in [0.2, 0.25) is 0 Å². The van der Waals surface area contributed by atoms with E-state index < -0.39 is 17.9 Å². The van der Waals surface area contributed by atoms with Crippen LogP contribution < -0.4 is 14.2 Å². The van der Waals surface area contributed by atoms with Crippen molar-refractivity contribution in [2.75, 3.05) is 7.11 Å². The van der Waals surface area contributed by atoms with Crippen LogP contribution in [0.1, 0.15) is 6.92 Å². The van der Waals surface area contributed by atoms with Crippen LogP contribution in [0.4, 0.5) is 4.39 Å². The van der Waals surface area contributed by atoms with E-state index in [2.05, 4.69) is 0 Å². The van der Waals surface area contributed by atoms with Crippen LogP contribution in [0.2, 0.25) is 0 Å². The SMILES string of the molecule is COc1ccc(OC(=O)[C@@H](C)Oc2ccccc2F)cc1. The summed E-state index contributed by atoms with van der Waals surface area (Å²) < 4.78 is 28.8. The minimum atomic E-state index is -0.927. The van der Waals surface area contributed by atoms with E-state index in [9.17, 15) is 9.18 Å². The highest BCUT2D eigenvalue weighted by atomic mass is 19.1. The number of benzene rings is 2. The molecule has 2 rings (SSSR count). The lowest BCUT2D eigenvalue weighted by Crippen LogP contribution is -2.28. The molecule has 0 aromatic heterocycles. The fourth-order valence-corrected chi connectivity index (χ4v) is 1.62. The second-order valence-corrected chi connectivity index (χ2v) is 4.29. The molecule has 0 fully saturated rings. The van der Waals surface area contributed by atoms with E-state index in [-0.39, 0.29) is 5.75 Å². The molecule has 4 nitrogen and oxygen atoms in total. The fourth-order valence-electron chi connectivity index (χ4n) is 1.62. The predicted octanol–water partition coefficient (Wildman–Crippen LogP) is 3.21. The monoisotopic (exact) mass is 290 g/mol. The molecule has 0 saturated heterocycles.